The number of benzene rings is 1. The van der Waals surface area contributed by atoms with E-state index in [0.29, 0.717) is 36.8 Å². The van der Waals surface area contributed by atoms with Gasteiger partial charge < -0.3 is 10.2 Å². The van der Waals surface area contributed by atoms with Crippen LogP contribution in [0.5, 0.6) is 0 Å². The second-order valence-corrected chi connectivity index (χ2v) is 11.2. The van der Waals surface area contributed by atoms with E-state index >= 15 is 0 Å². The third kappa shape index (κ3) is 6.60. The first-order valence-corrected chi connectivity index (χ1v) is 14.0. The number of likely N-dealkylation sites (N-methyl/N-ethyl adjacent to an activating group) is 1. The normalized spacial score (nSPS) is 15.3. The van der Waals surface area contributed by atoms with Gasteiger partial charge in [-0.1, -0.05) is 43.4 Å². The molecule has 0 saturated heterocycles. The molecule has 0 bridgehead atoms. The SMILES string of the molecule is CCN(CC)C(=O)Cn1ccc(NC(=O)[C@H](CC2CCCC2)c2ccc(S(C)(=O)=O)c(Cl)c2)n1. The molecule has 0 aliphatic heterocycles. The standard InChI is InChI=1S/C24H33ClN4O4S/c1-4-28(5-2)23(30)16-29-13-12-22(27-29)26-24(31)19(14-17-8-6-7-9-17)18-10-11-21(20(25)15-18)34(3,32)33/h10-13,15,17,19H,4-9,14,16H2,1-3H3,(H,26,27,31)/t19-/m1/s1. The van der Waals surface area contributed by atoms with Crippen LogP contribution in [0.1, 0.15) is 57.4 Å². The maximum absolute atomic E-state index is 13.3. The van der Waals surface area contributed by atoms with Gasteiger partial charge in [0.1, 0.15) is 6.54 Å². The number of halogens is 1. The molecule has 8 nitrogen and oxygen atoms in total. The average molecular weight is 509 g/mol. The molecule has 1 heterocycles. The fraction of sp³-hybridized carbons (Fsp3) is 0.542. The van der Waals surface area contributed by atoms with E-state index in [4.69, 9.17) is 11.6 Å². The molecule has 1 aromatic heterocycles. The van der Waals surface area contributed by atoms with Gasteiger partial charge in [0.25, 0.3) is 0 Å². The lowest BCUT2D eigenvalue weighted by Crippen LogP contribution is -2.33. The number of hydrogen-bond acceptors (Lipinski definition) is 5. The predicted octanol–water partition coefficient (Wildman–Crippen LogP) is 4.11. The van der Waals surface area contributed by atoms with E-state index in [1.54, 1.807) is 29.3 Å². The molecule has 1 atom stereocenters. The smallest absolute Gasteiger partial charge is 0.244 e. The Morgan fingerprint density at radius 2 is 1.88 bits per heavy atom. The van der Waals surface area contributed by atoms with E-state index in [0.717, 1.165) is 31.9 Å². The second kappa shape index (κ2) is 11.4. The summed E-state index contributed by atoms with van der Waals surface area (Å²) in [5, 5.41) is 7.33. The predicted molar refractivity (Wildman–Crippen MR) is 133 cm³/mol. The van der Waals surface area contributed by atoms with Gasteiger partial charge in [0, 0.05) is 31.6 Å². The Morgan fingerprint density at radius 3 is 2.47 bits per heavy atom. The van der Waals surface area contributed by atoms with Gasteiger partial charge in [-0.05, 0) is 43.9 Å². The zero-order valence-corrected chi connectivity index (χ0v) is 21.5. The Kier molecular flexibility index (Phi) is 8.76. The first kappa shape index (κ1) is 26.2. The largest absolute Gasteiger partial charge is 0.342 e. The van der Waals surface area contributed by atoms with Crippen molar-refractivity contribution in [3.63, 3.8) is 0 Å². The van der Waals surface area contributed by atoms with Crippen molar-refractivity contribution < 1.29 is 18.0 Å². The molecule has 1 aliphatic rings. The van der Waals surface area contributed by atoms with Gasteiger partial charge in [0.2, 0.25) is 11.8 Å². The summed E-state index contributed by atoms with van der Waals surface area (Å²) in [6, 6.07) is 6.39. The lowest BCUT2D eigenvalue weighted by molar-refractivity contribution is -0.131. The van der Waals surface area contributed by atoms with Crippen LogP contribution < -0.4 is 5.32 Å². The van der Waals surface area contributed by atoms with E-state index in [2.05, 4.69) is 10.4 Å². The maximum atomic E-state index is 13.3. The summed E-state index contributed by atoms with van der Waals surface area (Å²) in [4.78, 5) is 27.4. The third-order valence-corrected chi connectivity index (χ3v) is 8.00. The van der Waals surface area contributed by atoms with Gasteiger partial charge in [0.05, 0.1) is 15.8 Å². The summed E-state index contributed by atoms with van der Waals surface area (Å²) in [5.74, 6) is 0.0405. The molecule has 2 aromatic rings. The topological polar surface area (TPSA) is 101 Å². The summed E-state index contributed by atoms with van der Waals surface area (Å²) >= 11 is 6.28. The van der Waals surface area contributed by atoms with Crippen LogP contribution in [0.3, 0.4) is 0 Å². The monoisotopic (exact) mass is 508 g/mol. The molecule has 186 valence electrons. The molecule has 10 heteroatoms. The Morgan fingerprint density at radius 1 is 1.21 bits per heavy atom. The van der Waals surface area contributed by atoms with Crippen LogP contribution >= 0.6 is 11.6 Å². The number of hydrogen-bond donors (Lipinski definition) is 1. The highest BCUT2D eigenvalue weighted by Crippen LogP contribution is 2.36. The van der Waals surface area contributed by atoms with Gasteiger partial charge >= 0.3 is 0 Å². The van der Waals surface area contributed by atoms with Gasteiger partial charge in [-0.15, -0.1) is 0 Å². The van der Waals surface area contributed by atoms with Crippen LogP contribution in [-0.2, 0) is 26.0 Å². The minimum absolute atomic E-state index is 0.0364. The van der Waals surface area contributed by atoms with Gasteiger partial charge in [-0.25, -0.2) is 8.42 Å². The summed E-state index contributed by atoms with van der Waals surface area (Å²) in [5.41, 5.74) is 0.679. The van der Waals surface area contributed by atoms with Crippen LogP contribution in [0.15, 0.2) is 35.4 Å². The number of anilines is 1. The molecule has 0 unspecified atom stereocenters. The number of nitrogens with zero attached hydrogens (tertiary/aromatic N) is 3. The van der Waals surface area contributed by atoms with Crippen LogP contribution in [0, 0.1) is 5.92 Å². The van der Waals surface area contributed by atoms with Crippen molar-refractivity contribution in [3.8, 4) is 0 Å². The molecule has 34 heavy (non-hydrogen) atoms. The molecule has 1 aliphatic carbocycles. The number of carbonyl (C=O) groups is 2. The number of nitrogens with one attached hydrogen (secondary N) is 1. The molecular formula is C24H33ClN4O4S. The Balaban J connectivity index is 1.78. The lowest BCUT2D eigenvalue weighted by atomic mass is 9.87. The van der Waals surface area contributed by atoms with Crippen molar-refractivity contribution >= 4 is 39.1 Å². The van der Waals surface area contributed by atoms with Crippen molar-refractivity contribution in [3.05, 3.63) is 41.0 Å². The number of rotatable bonds is 10. The van der Waals surface area contributed by atoms with Gasteiger partial charge in [-0.3, -0.25) is 14.3 Å². The fourth-order valence-corrected chi connectivity index (χ4v) is 5.89. The fourth-order valence-electron chi connectivity index (χ4n) is 4.55. The van der Waals surface area contributed by atoms with E-state index in [9.17, 15) is 18.0 Å². The maximum Gasteiger partial charge on any atom is 0.244 e. The van der Waals surface area contributed by atoms with E-state index in [1.807, 2.05) is 13.8 Å². The zero-order valence-electron chi connectivity index (χ0n) is 20.0. The molecule has 1 fully saturated rings. The van der Waals surface area contributed by atoms with Crippen molar-refractivity contribution in [2.75, 3.05) is 24.7 Å². The van der Waals surface area contributed by atoms with Crippen molar-refractivity contribution in [1.29, 1.82) is 0 Å². The second-order valence-electron chi connectivity index (χ2n) is 8.85. The first-order valence-electron chi connectivity index (χ1n) is 11.7. The molecule has 2 amide bonds. The highest BCUT2D eigenvalue weighted by Gasteiger charge is 2.28. The van der Waals surface area contributed by atoms with E-state index in [-0.39, 0.29) is 28.3 Å². The Labute approximate surface area is 206 Å². The van der Waals surface area contributed by atoms with E-state index < -0.39 is 15.8 Å². The van der Waals surface area contributed by atoms with Crippen molar-refractivity contribution in [1.82, 2.24) is 14.7 Å². The summed E-state index contributed by atoms with van der Waals surface area (Å²) in [6.07, 6.45) is 7.87. The average Bonchev–Trinajstić information content (AvgIpc) is 3.44. The molecule has 1 saturated carbocycles. The first-order chi connectivity index (χ1) is 16.1. The number of aromatic nitrogens is 2. The summed E-state index contributed by atoms with van der Waals surface area (Å²) in [7, 11) is -3.46. The minimum Gasteiger partial charge on any atom is -0.342 e. The third-order valence-electron chi connectivity index (χ3n) is 6.42. The Bertz CT molecular complexity index is 1120. The van der Waals surface area contributed by atoms with Crippen LogP contribution in [0.4, 0.5) is 5.82 Å². The molecule has 3 rings (SSSR count). The Hall–Kier alpha value is -2.39. The quantitative estimate of drug-likeness (QED) is 0.520. The minimum atomic E-state index is -3.46. The van der Waals surface area contributed by atoms with Gasteiger partial charge in [-0.2, -0.15) is 5.10 Å². The lowest BCUT2D eigenvalue weighted by Gasteiger charge is -2.21. The number of amides is 2. The highest BCUT2D eigenvalue weighted by molar-refractivity contribution is 7.90. The van der Waals surface area contributed by atoms with E-state index in [1.165, 1.54) is 10.7 Å². The number of carbonyl (C=O) groups excluding carboxylic acids is 2. The van der Waals surface area contributed by atoms with Crippen LogP contribution in [0.2, 0.25) is 5.02 Å². The molecule has 1 N–H and O–H groups in total. The number of sulfone groups is 1. The molecular weight excluding hydrogens is 476 g/mol. The van der Waals surface area contributed by atoms with Crippen molar-refractivity contribution in [2.45, 2.75) is 63.3 Å². The summed E-state index contributed by atoms with van der Waals surface area (Å²) < 4.78 is 25.4. The summed E-state index contributed by atoms with van der Waals surface area (Å²) in [6.45, 7) is 5.21. The highest BCUT2D eigenvalue weighted by atomic mass is 35.5. The van der Waals surface area contributed by atoms with Crippen LogP contribution in [-0.4, -0.2) is 54.3 Å². The molecule has 0 spiro atoms. The van der Waals surface area contributed by atoms with Gasteiger partial charge in [0.15, 0.2) is 15.7 Å². The molecule has 1 aromatic carbocycles. The zero-order chi connectivity index (χ0) is 24.9. The van der Waals surface area contributed by atoms with Crippen LogP contribution in [0.25, 0.3) is 0 Å². The molecule has 0 radical (unpaired) electrons. The van der Waals surface area contributed by atoms with Crippen molar-refractivity contribution in [2.24, 2.45) is 5.92 Å².